The van der Waals surface area contributed by atoms with E-state index in [4.69, 9.17) is 0 Å². The maximum absolute atomic E-state index is 9.67. The van der Waals surface area contributed by atoms with E-state index in [1.165, 1.54) is 6.07 Å². The molecule has 0 atom stereocenters. The van der Waals surface area contributed by atoms with Crippen molar-refractivity contribution in [2.45, 2.75) is 6.92 Å². The Morgan fingerprint density at radius 2 is 1.87 bits per heavy atom. The first kappa shape index (κ1) is 9.59. The molecule has 0 aromatic heterocycles. The van der Waals surface area contributed by atoms with Crippen molar-refractivity contribution in [2.75, 3.05) is 0 Å². The molecule has 0 saturated carbocycles. The molecule has 0 saturated heterocycles. The summed E-state index contributed by atoms with van der Waals surface area (Å²) in [4.78, 5) is 0. The fourth-order valence-electron chi connectivity index (χ4n) is 1.72. The van der Waals surface area contributed by atoms with E-state index >= 15 is 0 Å². The van der Waals surface area contributed by atoms with E-state index in [0.717, 1.165) is 21.9 Å². The second-order valence-electron chi connectivity index (χ2n) is 3.65. The zero-order chi connectivity index (χ0) is 11.0. The average Bonchev–Trinajstić information content (AvgIpc) is 2.16. The summed E-state index contributed by atoms with van der Waals surface area (Å²) in [5, 5.41) is 20.6. The van der Waals surface area contributed by atoms with Crippen LogP contribution in [-0.4, -0.2) is 10.2 Å². The Hall–Kier alpha value is -1.96. The van der Waals surface area contributed by atoms with Gasteiger partial charge in [-0.2, -0.15) is 0 Å². The van der Waals surface area contributed by atoms with E-state index in [-0.39, 0.29) is 11.5 Å². The summed E-state index contributed by atoms with van der Waals surface area (Å²) in [6.07, 6.45) is 0. The van der Waals surface area contributed by atoms with Crippen LogP contribution in [0.15, 0.2) is 36.9 Å². The number of phenols is 2. The van der Waals surface area contributed by atoms with Crippen LogP contribution in [0.3, 0.4) is 0 Å². The standard InChI is InChI=1S/C13H12O2/c1-8(2)10-4-3-5-11-12(10)6-9(14)7-13(11)15/h3-7,14-15H,1H2,2H3. The number of fused-ring (bicyclic) bond motifs is 1. The van der Waals surface area contributed by atoms with Crippen molar-refractivity contribution in [3.05, 3.63) is 42.5 Å². The molecule has 2 N–H and O–H groups in total. The number of aromatic hydroxyl groups is 2. The van der Waals surface area contributed by atoms with Crippen molar-refractivity contribution in [1.29, 1.82) is 0 Å². The predicted octanol–water partition coefficient (Wildman–Crippen LogP) is 3.28. The molecule has 0 heterocycles. The third kappa shape index (κ3) is 1.54. The van der Waals surface area contributed by atoms with E-state index < -0.39 is 0 Å². The normalized spacial score (nSPS) is 10.5. The number of allylic oxidation sites excluding steroid dienone is 1. The molecular weight excluding hydrogens is 188 g/mol. The molecule has 0 aliphatic heterocycles. The first-order valence-corrected chi connectivity index (χ1v) is 4.70. The van der Waals surface area contributed by atoms with E-state index in [1.807, 2.05) is 25.1 Å². The molecule has 15 heavy (non-hydrogen) atoms. The van der Waals surface area contributed by atoms with Gasteiger partial charge in [0.1, 0.15) is 11.5 Å². The van der Waals surface area contributed by atoms with Crippen LogP contribution in [0.2, 0.25) is 0 Å². The fourth-order valence-corrected chi connectivity index (χ4v) is 1.72. The van der Waals surface area contributed by atoms with E-state index in [1.54, 1.807) is 6.07 Å². The number of benzene rings is 2. The lowest BCUT2D eigenvalue weighted by molar-refractivity contribution is 0.455. The third-order valence-corrected chi connectivity index (χ3v) is 2.42. The molecule has 0 fully saturated rings. The zero-order valence-corrected chi connectivity index (χ0v) is 8.49. The van der Waals surface area contributed by atoms with Gasteiger partial charge in [-0.1, -0.05) is 30.4 Å². The highest BCUT2D eigenvalue weighted by molar-refractivity contribution is 5.97. The highest BCUT2D eigenvalue weighted by Gasteiger charge is 2.06. The fraction of sp³-hybridized carbons (Fsp3) is 0.0769. The first-order chi connectivity index (χ1) is 7.09. The topological polar surface area (TPSA) is 40.5 Å². The van der Waals surface area contributed by atoms with Gasteiger partial charge in [0.25, 0.3) is 0 Å². The minimum Gasteiger partial charge on any atom is -0.508 e. The van der Waals surface area contributed by atoms with Crippen LogP contribution in [0.4, 0.5) is 0 Å². The maximum Gasteiger partial charge on any atom is 0.127 e. The molecule has 0 unspecified atom stereocenters. The van der Waals surface area contributed by atoms with Crippen molar-refractivity contribution < 1.29 is 10.2 Å². The molecule has 2 heteroatoms. The Balaban J connectivity index is 2.91. The second kappa shape index (κ2) is 3.31. The van der Waals surface area contributed by atoms with Crippen molar-refractivity contribution in [1.82, 2.24) is 0 Å². The van der Waals surface area contributed by atoms with Gasteiger partial charge in [0.2, 0.25) is 0 Å². The monoisotopic (exact) mass is 200 g/mol. The summed E-state index contributed by atoms with van der Waals surface area (Å²) in [7, 11) is 0. The SMILES string of the molecule is C=C(C)c1cccc2c(O)cc(O)cc12. The number of hydrogen-bond acceptors (Lipinski definition) is 2. The lowest BCUT2D eigenvalue weighted by Gasteiger charge is -2.07. The largest absolute Gasteiger partial charge is 0.508 e. The predicted molar refractivity (Wildman–Crippen MR) is 62.0 cm³/mol. The molecule has 0 bridgehead atoms. The van der Waals surface area contributed by atoms with Crippen LogP contribution in [0.1, 0.15) is 12.5 Å². The highest BCUT2D eigenvalue weighted by Crippen LogP contribution is 2.33. The summed E-state index contributed by atoms with van der Waals surface area (Å²) < 4.78 is 0. The van der Waals surface area contributed by atoms with Crippen LogP contribution < -0.4 is 0 Å². The molecule has 2 aromatic carbocycles. The Bertz CT molecular complexity index is 541. The molecule has 0 aliphatic carbocycles. The van der Waals surface area contributed by atoms with Gasteiger partial charge in [-0.25, -0.2) is 0 Å². The van der Waals surface area contributed by atoms with Gasteiger partial charge in [0.05, 0.1) is 0 Å². The van der Waals surface area contributed by atoms with Gasteiger partial charge in [-0.05, 0) is 23.9 Å². The first-order valence-electron chi connectivity index (χ1n) is 4.70. The molecule has 0 amide bonds. The zero-order valence-electron chi connectivity index (χ0n) is 8.49. The molecule has 0 aliphatic rings. The summed E-state index contributed by atoms with van der Waals surface area (Å²) >= 11 is 0. The Kier molecular flexibility index (Phi) is 2.12. The summed E-state index contributed by atoms with van der Waals surface area (Å²) in [5.41, 5.74) is 1.85. The number of hydrogen-bond donors (Lipinski definition) is 2. The van der Waals surface area contributed by atoms with Crippen LogP contribution in [0.5, 0.6) is 11.5 Å². The van der Waals surface area contributed by atoms with Gasteiger partial charge >= 0.3 is 0 Å². The van der Waals surface area contributed by atoms with Gasteiger partial charge < -0.3 is 10.2 Å². The second-order valence-corrected chi connectivity index (χ2v) is 3.65. The molecular formula is C13H12O2. The third-order valence-electron chi connectivity index (χ3n) is 2.42. The number of phenolic OH excluding ortho intramolecular Hbond substituents is 2. The van der Waals surface area contributed by atoms with E-state index in [0.29, 0.717) is 0 Å². The summed E-state index contributed by atoms with van der Waals surface area (Å²) in [5.74, 6) is 0.154. The van der Waals surface area contributed by atoms with E-state index in [9.17, 15) is 10.2 Å². The van der Waals surface area contributed by atoms with Crippen molar-refractivity contribution in [2.24, 2.45) is 0 Å². The van der Waals surface area contributed by atoms with Crippen LogP contribution in [0, 0.1) is 0 Å². The van der Waals surface area contributed by atoms with Gasteiger partial charge in [0, 0.05) is 11.5 Å². The van der Waals surface area contributed by atoms with Gasteiger partial charge in [-0.3, -0.25) is 0 Å². The Morgan fingerprint density at radius 1 is 1.13 bits per heavy atom. The Morgan fingerprint density at radius 3 is 2.53 bits per heavy atom. The molecule has 2 rings (SSSR count). The minimum absolute atomic E-state index is 0.0636. The van der Waals surface area contributed by atoms with Crippen molar-refractivity contribution >= 4 is 16.3 Å². The molecule has 0 radical (unpaired) electrons. The Labute approximate surface area is 88.1 Å². The van der Waals surface area contributed by atoms with Crippen molar-refractivity contribution in [3.63, 3.8) is 0 Å². The highest BCUT2D eigenvalue weighted by atomic mass is 16.3. The van der Waals surface area contributed by atoms with Gasteiger partial charge in [-0.15, -0.1) is 0 Å². The lowest BCUT2D eigenvalue weighted by atomic mass is 9.99. The van der Waals surface area contributed by atoms with Crippen LogP contribution in [-0.2, 0) is 0 Å². The maximum atomic E-state index is 9.67. The lowest BCUT2D eigenvalue weighted by Crippen LogP contribution is -1.82. The average molecular weight is 200 g/mol. The molecule has 76 valence electrons. The van der Waals surface area contributed by atoms with Crippen LogP contribution in [0.25, 0.3) is 16.3 Å². The van der Waals surface area contributed by atoms with Crippen LogP contribution >= 0.6 is 0 Å². The van der Waals surface area contributed by atoms with E-state index in [2.05, 4.69) is 6.58 Å². The number of rotatable bonds is 1. The molecule has 2 aromatic rings. The quantitative estimate of drug-likeness (QED) is 0.741. The molecule has 0 spiro atoms. The van der Waals surface area contributed by atoms with Gasteiger partial charge in [0.15, 0.2) is 0 Å². The smallest absolute Gasteiger partial charge is 0.127 e. The minimum atomic E-state index is 0.0636. The summed E-state index contributed by atoms with van der Waals surface area (Å²) in [6.45, 7) is 5.77. The molecule has 2 nitrogen and oxygen atoms in total. The summed E-state index contributed by atoms with van der Waals surface area (Å²) in [6, 6.07) is 8.58. The van der Waals surface area contributed by atoms with Crippen molar-refractivity contribution in [3.8, 4) is 11.5 Å².